The highest BCUT2D eigenvalue weighted by Gasteiger charge is 2.22. The van der Waals surface area contributed by atoms with E-state index >= 15 is 0 Å². The maximum Gasteiger partial charge on any atom is 0.256 e. The van der Waals surface area contributed by atoms with E-state index < -0.39 is 6.10 Å². The molecule has 2 aromatic heterocycles. The number of nitrogens with zero attached hydrogens (tertiary/aromatic N) is 1. The SMILES string of the molecule is O=C(Nc1nc(-c2cc(Br)cs2)cs1)[C@H]1CNCCO1. The highest BCUT2D eigenvalue weighted by molar-refractivity contribution is 9.10. The van der Waals surface area contributed by atoms with Crippen LogP contribution in [0.25, 0.3) is 10.6 Å². The number of carbonyl (C=O) groups excluding carboxylic acids is 1. The number of hydrogen-bond acceptors (Lipinski definition) is 6. The third kappa shape index (κ3) is 3.26. The normalized spacial score (nSPS) is 18.9. The Morgan fingerprint density at radius 2 is 2.40 bits per heavy atom. The molecule has 8 heteroatoms. The zero-order valence-corrected chi connectivity index (χ0v) is 13.6. The van der Waals surface area contributed by atoms with Crippen LogP contribution < -0.4 is 10.6 Å². The molecule has 2 N–H and O–H groups in total. The molecule has 0 aromatic carbocycles. The lowest BCUT2D eigenvalue weighted by Crippen LogP contribution is -2.45. The molecule has 0 bridgehead atoms. The topological polar surface area (TPSA) is 63.2 Å². The van der Waals surface area contributed by atoms with Crippen molar-refractivity contribution in [1.82, 2.24) is 10.3 Å². The summed E-state index contributed by atoms with van der Waals surface area (Å²) in [6.45, 7) is 1.89. The van der Waals surface area contributed by atoms with Gasteiger partial charge in [0.25, 0.3) is 5.91 Å². The molecule has 5 nitrogen and oxygen atoms in total. The molecule has 106 valence electrons. The smallest absolute Gasteiger partial charge is 0.256 e. The van der Waals surface area contributed by atoms with Crippen molar-refractivity contribution in [3.8, 4) is 10.6 Å². The number of amides is 1. The van der Waals surface area contributed by atoms with Crippen LogP contribution in [0, 0.1) is 0 Å². The van der Waals surface area contributed by atoms with Crippen LogP contribution in [-0.2, 0) is 9.53 Å². The Balaban J connectivity index is 1.66. The predicted octanol–water partition coefficient (Wildman–Crippen LogP) is 2.56. The third-order valence-electron chi connectivity index (χ3n) is 2.77. The van der Waals surface area contributed by atoms with Crippen LogP contribution in [0.4, 0.5) is 5.13 Å². The second-order valence-corrected chi connectivity index (χ2v) is 6.90. The van der Waals surface area contributed by atoms with Crippen LogP contribution in [0.15, 0.2) is 21.3 Å². The van der Waals surface area contributed by atoms with E-state index in [1.807, 2.05) is 16.8 Å². The van der Waals surface area contributed by atoms with Crippen LogP contribution >= 0.6 is 38.6 Å². The van der Waals surface area contributed by atoms with Crippen LogP contribution in [0.2, 0.25) is 0 Å². The molecule has 1 fully saturated rings. The first-order valence-corrected chi connectivity index (χ1v) is 8.61. The molecule has 0 unspecified atom stereocenters. The molecule has 0 radical (unpaired) electrons. The maximum absolute atomic E-state index is 12.0. The number of ether oxygens (including phenoxy) is 1. The summed E-state index contributed by atoms with van der Waals surface area (Å²) in [5.41, 5.74) is 0.878. The van der Waals surface area contributed by atoms with Gasteiger partial charge in [-0.1, -0.05) is 0 Å². The Morgan fingerprint density at radius 3 is 3.10 bits per heavy atom. The molecule has 1 atom stereocenters. The lowest BCUT2D eigenvalue weighted by Gasteiger charge is -2.22. The van der Waals surface area contributed by atoms with Gasteiger partial charge < -0.3 is 10.1 Å². The van der Waals surface area contributed by atoms with E-state index in [0.29, 0.717) is 18.3 Å². The highest BCUT2D eigenvalue weighted by Crippen LogP contribution is 2.31. The number of aromatic nitrogens is 1. The molecular formula is C12H12BrN3O2S2. The van der Waals surface area contributed by atoms with Gasteiger partial charge in [0, 0.05) is 28.3 Å². The minimum Gasteiger partial charge on any atom is -0.366 e. The Morgan fingerprint density at radius 1 is 1.50 bits per heavy atom. The van der Waals surface area contributed by atoms with Crippen molar-refractivity contribution in [2.75, 3.05) is 25.0 Å². The van der Waals surface area contributed by atoms with Crippen molar-refractivity contribution in [3.63, 3.8) is 0 Å². The summed E-state index contributed by atoms with van der Waals surface area (Å²) in [5, 5.41) is 10.5. The Bertz CT molecular complexity index is 607. The van der Waals surface area contributed by atoms with Gasteiger partial charge in [-0.3, -0.25) is 10.1 Å². The quantitative estimate of drug-likeness (QED) is 0.867. The molecule has 0 saturated carbocycles. The zero-order chi connectivity index (χ0) is 13.9. The zero-order valence-electron chi connectivity index (χ0n) is 10.4. The molecule has 2 aromatic rings. The molecule has 20 heavy (non-hydrogen) atoms. The number of thiazole rings is 1. The number of rotatable bonds is 3. The molecule has 1 aliphatic rings. The molecule has 1 aliphatic heterocycles. The summed E-state index contributed by atoms with van der Waals surface area (Å²) in [5.74, 6) is -0.148. The number of thiophene rings is 1. The minimum atomic E-state index is -0.438. The van der Waals surface area contributed by atoms with Gasteiger partial charge in [-0.25, -0.2) is 4.98 Å². The van der Waals surface area contributed by atoms with Crippen LogP contribution in [-0.4, -0.2) is 36.7 Å². The van der Waals surface area contributed by atoms with Gasteiger partial charge in [-0.15, -0.1) is 22.7 Å². The number of anilines is 1. The number of hydrogen-bond donors (Lipinski definition) is 2. The summed E-state index contributed by atoms with van der Waals surface area (Å²) in [6.07, 6.45) is -0.438. The van der Waals surface area contributed by atoms with Gasteiger partial charge in [-0.2, -0.15) is 0 Å². The molecule has 3 rings (SSSR count). The Labute approximate surface area is 132 Å². The second-order valence-electron chi connectivity index (χ2n) is 4.22. The van der Waals surface area contributed by atoms with Crippen LogP contribution in [0.3, 0.4) is 0 Å². The number of nitrogens with one attached hydrogen (secondary N) is 2. The fourth-order valence-corrected chi connectivity index (χ4v) is 3.99. The minimum absolute atomic E-state index is 0.148. The largest absolute Gasteiger partial charge is 0.366 e. The molecule has 0 aliphatic carbocycles. The van der Waals surface area contributed by atoms with Crippen molar-refractivity contribution >= 4 is 49.6 Å². The predicted molar refractivity (Wildman–Crippen MR) is 84.4 cm³/mol. The summed E-state index contributed by atoms with van der Waals surface area (Å²) in [6, 6.07) is 2.01. The molecular weight excluding hydrogens is 362 g/mol. The van der Waals surface area contributed by atoms with E-state index in [2.05, 4.69) is 31.5 Å². The van der Waals surface area contributed by atoms with Gasteiger partial charge in [0.2, 0.25) is 0 Å². The highest BCUT2D eigenvalue weighted by atomic mass is 79.9. The van der Waals surface area contributed by atoms with E-state index in [9.17, 15) is 4.79 Å². The van der Waals surface area contributed by atoms with E-state index in [1.165, 1.54) is 11.3 Å². The number of halogens is 1. The fourth-order valence-electron chi connectivity index (χ4n) is 1.81. The number of carbonyl (C=O) groups is 1. The van der Waals surface area contributed by atoms with Crippen molar-refractivity contribution in [1.29, 1.82) is 0 Å². The molecule has 3 heterocycles. The van der Waals surface area contributed by atoms with Gasteiger partial charge >= 0.3 is 0 Å². The van der Waals surface area contributed by atoms with Gasteiger partial charge in [0.05, 0.1) is 17.2 Å². The summed E-state index contributed by atoms with van der Waals surface area (Å²) < 4.78 is 6.44. The van der Waals surface area contributed by atoms with E-state index in [4.69, 9.17) is 4.74 Å². The summed E-state index contributed by atoms with van der Waals surface area (Å²) in [4.78, 5) is 17.5. The monoisotopic (exact) mass is 373 g/mol. The van der Waals surface area contributed by atoms with Crippen molar-refractivity contribution < 1.29 is 9.53 Å². The second kappa shape index (κ2) is 6.31. The van der Waals surface area contributed by atoms with E-state index in [-0.39, 0.29) is 5.91 Å². The van der Waals surface area contributed by atoms with E-state index in [1.54, 1.807) is 11.3 Å². The lowest BCUT2D eigenvalue weighted by molar-refractivity contribution is -0.128. The van der Waals surface area contributed by atoms with Crippen molar-refractivity contribution in [2.45, 2.75) is 6.10 Å². The third-order valence-corrected chi connectivity index (χ3v) is 5.25. The fraction of sp³-hybridized carbons (Fsp3) is 0.333. The lowest BCUT2D eigenvalue weighted by atomic mass is 10.3. The van der Waals surface area contributed by atoms with Crippen LogP contribution in [0.1, 0.15) is 0 Å². The first kappa shape index (κ1) is 14.2. The molecule has 0 spiro atoms. The van der Waals surface area contributed by atoms with Crippen molar-refractivity contribution in [3.05, 3.63) is 21.3 Å². The first-order valence-electron chi connectivity index (χ1n) is 6.05. The average Bonchev–Trinajstić information content (AvgIpc) is 3.09. The molecule has 1 amide bonds. The van der Waals surface area contributed by atoms with Crippen LogP contribution in [0.5, 0.6) is 0 Å². The Hall–Kier alpha value is -0.800. The summed E-state index contributed by atoms with van der Waals surface area (Å²) >= 11 is 6.45. The van der Waals surface area contributed by atoms with Gasteiger partial charge in [-0.05, 0) is 22.0 Å². The maximum atomic E-state index is 12.0. The molecule has 1 saturated heterocycles. The standard InChI is InChI=1S/C12H12BrN3O2S2/c13-7-3-10(19-5-7)8-6-20-12(15-8)16-11(17)9-4-14-1-2-18-9/h3,5-6,9,14H,1-2,4H2,(H,15,16,17)/t9-/m1/s1. The van der Waals surface area contributed by atoms with Gasteiger partial charge in [0.1, 0.15) is 6.10 Å². The number of morpholine rings is 1. The Kier molecular flexibility index (Phi) is 4.47. The first-order chi connectivity index (χ1) is 9.72. The van der Waals surface area contributed by atoms with Gasteiger partial charge in [0.15, 0.2) is 5.13 Å². The average molecular weight is 374 g/mol. The van der Waals surface area contributed by atoms with E-state index in [0.717, 1.165) is 21.6 Å². The summed E-state index contributed by atoms with van der Waals surface area (Å²) in [7, 11) is 0. The van der Waals surface area contributed by atoms with Crippen molar-refractivity contribution in [2.24, 2.45) is 0 Å².